The molecule has 2 N–H and O–H groups in total. The van der Waals surface area contributed by atoms with Gasteiger partial charge in [-0.25, -0.2) is 0 Å². The second kappa shape index (κ2) is 7.03. The van der Waals surface area contributed by atoms with Crippen molar-refractivity contribution in [1.29, 1.82) is 0 Å². The lowest BCUT2D eigenvalue weighted by atomic mass is 10.1. The van der Waals surface area contributed by atoms with E-state index in [-0.39, 0.29) is 12.3 Å². The Morgan fingerprint density at radius 1 is 1.20 bits per heavy atom. The summed E-state index contributed by atoms with van der Waals surface area (Å²) in [4.78, 5) is 15.7. The average Bonchev–Trinajstić information content (AvgIpc) is 2.47. The quantitative estimate of drug-likeness (QED) is 0.889. The van der Waals surface area contributed by atoms with E-state index < -0.39 is 6.10 Å². The number of pyridine rings is 1. The minimum atomic E-state index is -0.829. The molecule has 104 valence electrons. The Bertz CT molecular complexity index is 558. The highest BCUT2D eigenvalue weighted by atomic mass is 35.5. The van der Waals surface area contributed by atoms with E-state index in [1.54, 1.807) is 36.7 Å². The van der Waals surface area contributed by atoms with Gasteiger partial charge < -0.3 is 10.4 Å². The molecule has 1 aromatic carbocycles. The van der Waals surface area contributed by atoms with Crippen LogP contribution in [0.15, 0.2) is 48.8 Å². The summed E-state index contributed by atoms with van der Waals surface area (Å²) in [6.07, 6.45) is 2.53. The maximum atomic E-state index is 11.8. The zero-order chi connectivity index (χ0) is 14.4. The summed E-state index contributed by atoms with van der Waals surface area (Å²) in [7, 11) is 0. The summed E-state index contributed by atoms with van der Waals surface area (Å²) in [5.41, 5.74) is 1.64. The molecule has 20 heavy (non-hydrogen) atoms. The average molecular weight is 291 g/mol. The number of aromatic nitrogens is 1. The van der Waals surface area contributed by atoms with Crippen molar-refractivity contribution in [3.63, 3.8) is 0 Å². The smallest absolute Gasteiger partial charge is 0.223 e. The first-order valence-corrected chi connectivity index (χ1v) is 6.62. The summed E-state index contributed by atoms with van der Waals surface area (Å²) in [6, 6.07) is 10.5. The molecule has 1 aromatic heterocycles. The summed E-state index contributed by atoms with van der Waals surface area (Å²) < 4.78 is 0. The van der Waals surface area contributed by atoms with Crippen molar-refractivity contribution in [2.75, 3.05) is 0 Å². The van der Waals surface area contributed by atoms with Crippen LogP contribution in [0, 0.1) is 0 Å². The minimum Gasteiger partial charge on any atom is -0.388 e. The van der Waals surface area contributed by atoms with E-state index >= 15 is 0 Å². The third-order valence-electron chi connectivity index (χ3n) is 2.87. The Labute approximate surface area is 122 Å². The fourth-order valence-electron chi connectivity index (χ4n) is 1.75. The minimum absolute atomic E-state index is 0.0206. The van der Waals surface area contributed by atoms with Crippen LogP contribution in [-0.2, 0) is 11.3 Å². The monoisotopic (exact) mass is 290 g/mol. The number of hydrogen-bond acceptors (Lipinski definition) is 3. The van der Waals surface area contributed by atoms with Crippen LogP contribution in [0.4, 0.5) is 0 Å². The highest BCUT2D eigenvalue weighted by Crippen LogP contribution is 2.18. The molecule has 0 aliphatic heterocycles. The van der Waals surface area contributed by atoms with Crippen LogP contribution >= 0.6 is 11.6 Å². The molecule has 0 aliphatic carbocycles. The number of halogens is 1. The molecule has 0 radical (unpaired) electrons. The van der Waals surface area contributed by atoms with Crippen molar-refractivity contribution < 1.29 is 9.90 Å². The molecule has 0 saturated heterocycles. The van der Waals surface area contributed by atoms with E-state index in [1.807, 2.05) is 12.1 Å². The molecule has 0 spiro atoms. The molecule has 0 saturated carbocycles. The Balaban J connectivity index is 1.83. The number of nitrogens with one attached hydrogen (secondary N) is 1. The number of nitrogens with zero attached hydrogens (tertiary/aromatic N) is 1. The van der Waals surface area contributed by atoms with Gasteiger partial charge in [-0.15, -0.1) is 0 Å². The van der Waals surface area contributed by atoms with Gasteiger partial charge in [-0.1, -0.05) is 23.7 Å². The number of aliphatic hydroxyl groups is 1. The van der Waals surface area contributed by atoms with Crippen molar-refractivity contribution in [3.05, 3.63) is 64.9 Å². The standard InChI is InChI=1S/C15H15ClN2O2/c16-13-3-1-12(2-4-13)14(19)9-15(20)18-10-11-5-7-17-8-6-11/h1-8,14,19H,9-10H2,(H,18,20). The van der Waals surface area contributed by atoms with Crippen molar-refractivity contribution in [1.82, 2.24) is 10.3 Å². The molecular formula is C15H15ClN2O2. The topological polar surface area (TPSA) is 62.2 Å². The molecule has 2 aromatic rings. The molecule has 0 fully saturated rings. The lowest BCUT2D eigenvalue weighted by Crippen LogP contribution is -2.24. The first-order chi connectivity index (χ1) is 9.65. The molecular weight excluding hydrogens is 276 g/mol. The van der Waals surface area contributed by atoms with Gasteiger partial charge in [0.1, 0.15) is 0 Å². The largest absolute Gasteiger partial charge is 0.388 e. The Morgan fingerprint density at radius 2 is 1.85 bits per heavy atom. The lowest BCUT2D eigenvalue weighted by Gasteiger charge is -2.11. The highest BCUT2D eigenvalue weighted by Gasteiger charge is 2.12. The van der Waals surface area contributed by atoms with Gasteiger partial charge in [0.05, 0.1) is 12.5 Å². The van der Waals surface area contributed by atoms with Gasteiger partial charge >= 0.3 is 0 Å². The van der Waals surface area contributed by atoms with E-state index in [9.17, 15) is 9.90 Å². The fraction of sp³-hybridized carbons (Fsp3) is 0.200. The van der Waals surface area contributed by atoms with E-state index in [4.69, 9.17) is 11.6 Å². The summed E-state index contributed by atoms with van der Waals surface area (Å²) >= 11 is 5.77. The molecule has 1 atom stereocenters. The number of aliphatic hydroxyl groups excluding tert-OH is 1. The highest BCUT2D eigenvalue weighted by molar-refractivity contribution is 6.30. The van der Waals surface area contributed by atoms with Crippen LogP contribution < -0.4 is 5.32 Å². The molecule has 0 bridgehead atoms. The maximum Gasteiger partial charge on any atom is 0.223 e. The van der Waals surface area contributed by atoms with E-state index in [2.05, 4.69) is 10.3 Å². The Morgan fingerprint density at radius 3 is 2.50 bits per heavy atom. The van der Waals surface area contributed by atoms with Crippen molar-refractivity contribution >= 4 is 17.5 Å². The number of amides is 1. The number of benzene rings is 1. The van der Waals surface area contributed by atoms with E-state index in [0.717, 1.165) is 5.56 Å². The van der Waals surface area contributed by atoms with E-state index in [0.29, 0.717) is 17.1 Å². The van der Waals surface area contributed by atoms with Crippen molar-refractivity contribution in [2.24, 2.45) is 0 Å². The maximum absolute atomic E-state index is 11.8. The van der Waals surface area contributed by atoms with Gasteiger partial charge in [-0.05, 0) is 35.4 Å². The molecule has 4 nitrogen and oxygen atoms in total. The molecule has 2 rings (SSSR count). The van der Waals surface area contributed by atoms with Crippen molar-refractivity contribution in [2.45, 2.75) is 19.1 Å². The van der Waals surface area contributed by atoms with Gasteiger partial charge in [0.25, 0.3) is 0 Å². The Hall–Kier alpha value is -1.91. The summed E-state index contributed by atoms with van der Waals surface area (Å²) in [6.45, 7) is 0.425. The molecule has 1 amide bonds. The van der Waals surface area contributed by atoms with Crippen LogP contribution in [0.1, 0.15) is 23.7 Å². The zero-order valence-electron chi connectivity index (χ0n) is 10.8. The molecule has 1 heterocycles. The third kappa shape index (κ3) is 4.33. The predicted molar refractivity (Wildman–Crippen MR) is 77.1 cm³/mol. The van der Waals surface area contributed by atoms with Crippen LogP contribution in [0.25, 0.3) is 0 Å². The lowest BCUT2D eigenvalue weighted by molar-refractivity contribution is -0.123. The van der Waals surface area contributed by atoms with Gasteiger partial charge in [-0.2, -0.15) is 0 Å². The fourth-order valence-corrected chi connectivity index (χ4v) is 1.88. The number of carbonyl (C=O) groups excluding carboxylic acids is 1. The second-order valence-electron chi connectivity index (χ2n) is 4.40. The molecule has 1 unspecified atom stereocenters. The zero-order valence-corrected chi connectivity index (χ0v) is 11.5. The molecule has 0 aliphatic rings. The Kier molecular flexibility index (Phi) is 5.09. The van der Waals surface area contributed by atoms with Gasteiger partial charge in [0, 0.05) is 24.0 Å². The summed E-state index contributed by atoms with van der Waals surface area (Å²) in [5.74, 6) is -0.204. The van der Waals surface area contributed by atoms with Crippen LogP contribution in [0.5, 0.6) is 0 Å². The normalized spacial score (nSPS) is 11.9. The summed E-state index contributed by atoms with van der Waals surface area (Å²) in [5, 5.41) is 13.3. The SMILES string of the molecule is O=C(CC(O)c1ccc(Cl)cc1)NCc1ccncc1. The third-order valence-corrected chi connectivity index (χ3v) is 3.12. The van der Waals surface area contributed by atoms with Gasteiger partial charge in [-0.3, -0.25) is 9.78 Å². The second-order valence-corrected chi connectivity index (χ2v) is 4.84. The van der Waals surface area contributed by atoms with Crippen LogP contribution in [-0.4, -0.2) is 16.0 Å². The number of rotatable bonds is 5. The van der Waals surface area contributed by atoms with Crippen molar-refractivity contribution in [3.8, 4) is 0 Å². The molecule has 5 heteroatoms. The predicted octanol–water partition coefficient (Wildman–Crippen LogP) is 2.47. The van der Waals surface area contributed by atoms with Gasteiger partial charge in [0.2, 0.25) is 5.91 Å². The number of carbonyl (C=O) groups is 1. The van der Waals surface area contributed by atoms with Crippen LogP contribution in [0.2, 0.25) is 5.02 Å². The first-order valence-electron chi connectivity index (χ1n) is 6.24. The number of hydrogen-bond donors (Lipinski definition) is 2. The van der Waals surface area contributed by atoms with E-state index in [1.165, 1.54) is 0 Å². The van der Waals surface area contributed by atoms with Crippen LogP contribution in [0.3, 0.4) is 0 Å². The van der Waals surface area contributed by atoms with Gasteiger partial charge in [0.15, 0.2) is 0 Å². The first kappa shape index (κ1) is 14.5.